The van der Waals surface area contributed by atoms with Crippen LogP contribution < -0.4 is 4.74 Å². The van der Waals surface area contributed by atoms with Gasteiger partial charge in [-0.15, -0.1) is 0 Å². The number of rotatable bonds is 4. The fraction of sp³-hybridized carbons (Fsp3) is 0.350. The zero-order valence-electron chi connectivity index (χ0n) is 13.1. The number of hydrogen-bond acceptors (Lipinski definition) is 3. The Kier molecular flexibility index (Phi) is 3.66. The van der Waals surface area contributed by atoms with Crippen molar-refractivity contribution >= 4 is 6.29 Å². The first kappa shape index (κ1) is 14.5. The van der Waals surface area contributed by atoms with Crippen LogP contribution in [0.15, 0.2) is 54.6 Å². The van der Waals surface area contributed by atoms with Crippen molar-refractivity contribution in [1.82, 2.24) is 4.90 Å². The van der Waals surface area contributed by atoms with E-state index in [0.29, 0.717) is 12.5 Å². The molecule has 2 aliphatic rings. The van der Waals surface area contributed by atoms with Crippen molar-refractivity contribution in [3.05, 3.63) is 54.6 Å². The van der Waals surface area contributed by atoms with Gasteiger partial charge in [0.15, 0.2) is 5.60 Å². The van der Waals surface area contributed by atoms with Crippen LogP contribution in [0.2, 0.25) is 0 Å². The van der Waals surface area contributed by atoms with Gasteiger partial charge >= 0.3 is 0 Å². The zero-order chi connectivity index (χ0) is 15.7. The van der Waals surface area contributed by atoms with Crippen LogP contribution in [0, 0.1) is 5.92 Å². The van der Waals surface area contributed by atoms with E-state index in [4.69, 9.17) is 4.74 Å². The third kappa shape index (κ3) is 2.77. The van der Waals surface area contributed by atoms with E-state index >= 15 is 0 Å². The molecule has 3 heteroatoms. The first-order valence-corrected chi connectivity index (χ1v) is 8.23. The van der Waals surface area contributed by atoms with Gasteiger partial charge in [0, 0.05) is 25.1 Å². The summed E-state index contributed by atoms with van der Waals surface area (Å²) in [6.45, 7) is 2.81. The molecule has 0 aliphatic carbocycles. The van der Waals surface area contributed by atoms with E-state index in [1.165, 1.54) is 0 Å². The van der Waals surface area contributed by atoms with E-state index in [2.05, 4.69) is 23.3 Å². The van der Waals surface area contributed by atoms with Crippen LogP contribution in [0.1, 0.15) is 12.8 Å². The van der Waals surface area contributed by atoms with Crippen molar-refractivity contribution in [2.24, 2.45) is 5.92 Å². The summed E-state index contributed by atoms with van der Waals surface area (Å²) < 4.78 is 6.29. The summed E-state index contributed by atoms with van der Waals surface area (Å²) in [4.78, 5) is 14.1. The first-order valence-electron chi connectivity index (χ1n) is 8.23. The summed E-state index contributed by atoms with van der Waals surface area (Å²) >= 11 is 0. The van der Waals surface area contributed by atoms with E-state index in [9.17, 15) is 4.79 Å². The molecule has 0 aromatic heterocycles. The Morgan fingerprint density at radius 1 is 1.09 bits per heavy atom. The maximum atomic E-state index is 11.8. The van der Waals surface area contributed by atoms with Gasteiger partial charge in [0.2, 0.25) is 6.29 Å². The van der Waals surface area contributed by atoms with Crippen molar-refractivity contribution < 1.29 is 9.53 Å². The second-order valence-corrected chi connectivity index (χ2v) is 6.65. The summed E-state index contributed by atoms with van der Waals surface area (Å²) in [6.07, 6.45) is 4.17. The Bertz CT molecular complexity index is 686. The van der Waals surface area contributed by atoms with Gasteiger partial charge in [0.1, 0.15) is 5.75 Å². The molecule has 3 unspecified atom stereocenters. The van der Waals surface area contributed by atoms with E-state index in [0.717, 1.165) is 42.8 Å². The van der Waals surface area contributed by atoms with Crippen molar-refractivity contribution in [3.8, 4) is 16.9 Å². The number of fused-ring (bicyclic) bond motifs is 2. The molecule has 0 saturated carbocycles. The monoisotopic (exact) mass is 306 g/mol. The summed E-state index contributed by atoms with van der Waals surface area (Å²) in [5, 5.41) is 0. The van der Waals surface area contributed by atoms with Crippen LogP contribution in [0.5, 0.6) is 5.75 Å². The molecule has 117 valence electrons. The molecule has 2 heterocycles. The predicted molar refractivity (Wildman–Crippen MR) is 90.1 cm³/mol. The molecule has 2 aliphatic heterocycles. The fourth-order valence-corrected chi connectivity index (χ4v) is 3.91. The molecule has 2 fully saturated rings. The lowest BCUT2D eigenvalue weighted by molar-refractivity contribution is 0.0486. The van der Waals surface area contributed by atoms with Crippen LogP contribution >= 0.6 is 0 Å². The molecular formula is C20H20NO2. The Morgan fingerprint density at radius 3 is 2.65 bits per heavy atom. The van der Waals surface area contributed by atoms with Crippen LogP contribution in [-0.4, -0.2) is 36.4 Å². The number of piperidine rings is 1. The number of carbonyl (C=O) groups excluding carboxylic acids is 1. The molecule has 0 amide bonds. The van der Waals surface area contributed by atoms with E-state index in [1.54, 1.807) is 0 Å². The quantitative estimate of drug-likeness (QED) is 0.868. The number of nitrogens with zero attached hydrogens (tertiary/aromatic N) is 1. The predicted octanol–water partition coefficient (Wildman–Crippen LogP) is 3.31. The maximum Gasteiger partial charge on any atom is 0.247 e. The van der Waals surface area contributed by atoms with Gasteiger partial charge in [-0.2, -0.15) is 0 Å². The topological polar surface area (TPSA) is 29.5 Å². The second-order valence-electron chi connectivity index (χ2n) is 6.65. The number of ether oxygens (including phenoxy) is 1. The normalized spacial score (nSPS) is 29.2. The molecule has 2 aromatic rings. The minimum absolute atomic E-state index is 0.550. The summed E-state index contributed by atoms with van der Waals surface area (Å²) in [7, 11) is 0. The Morgan fingerprint density at radius 2 is 1.87 bits per heavy atom. The van der Waals surface area contributed by atoms with Crippen LogP contribution in [0.3, 0.4) is 0 Å². The lowest BCUT2D eigenvalue weighted by Gasteiger charge is -2.37. The molecule has 3 atom stereocenters. The van der Waals surface area contributed by atoms with Gasteiger partial charge < -0.3 is 4.74 Å². The number of hydrogen-bond donors (Lipinski definition) is 0. The van der Waals surface area contributed by atoms with Crippen LogP contribution in [0.4, 0.5) is 0 Å². The van der Waals surface area contributed by atoms with Crippen LogP contribution in [-0.2, 0) is 4.79 Å². The minimum Gasteiger partial charge on any atom is -0.477 e. The van der Waals surface area contributed by atoms with Gasteiger partial charge in [-0.3, -0.25) is 9.69 Å². The van der Waals surface area contributed by atoms with Crippen molar-refractivity contribution in [1.29, 1.82) is 0 Å². The van der Waals surface area contributed by atoms with Gasteiger partial charge in [-0.1, -0.05) is 48.5 Å². The molecule has 3 nitrogen and oxygen atoms in total. The molecule has 0 spiro atoms. The van der Waals surface area contributed by atoms with Gasteiger partial charge in [-0.05, 0) is 30.5 Å². The first-order chi connectivity index (χ1) is 11.3. The fourth-order valence-electron chi connectivity index (χ4n) is 3.91. The minimum atomic E-state index is -0.829. The molecule has 23 heavy (non-hydrogen) atoms. The second kappa shape index (κ2) is 5.82. The lowest BCUT2D eigenvalue weighted by atomic mass is 9.88. The van der Waals surface area contributed by atoms with Crippen LogP contribution in [0.25, 0.3) is 11.1 Å². The molecule has 2 bridgehead atoms. The SMILES string of the molecule is O=[C]C1(Oc2ccccc2-c2ccccc2)CC2CCN(C2)C1. The highest BCUT2D eigenvalue weighted by atomic mass is 16.5. The van der Waals surface area contributed by atoms with E-state index in [1.807, 2.05) is 42.5 Å². The molecule has 2 saturated heterocycles. The zero-order valence-corrected chi connectivity index (χ0v) is 13.1. The van der Waals surface area contributed by atoms with Gasteiger partial charge in [0.25, 0.3) is 0 Å². The Balaban J connectivity index is 1.67. The summed E-state index contributed by atoms with van der Waals surface area (Å²) in [6, 6.07) is 18.1. The van der Waals surface area contributed by atoms with E-state index in [-0.39, 0.29) is 0 Å². The molecule has 4 rings (SSSR count). The average molecular weight is 306 g/mol. The maximum absolute atomic E-state index is 11.8. The smallest absolute Gasteiger partial charge is 0.247 e. The lowest BCUT2D eigenvalue weighted by Crippen LogP contribution is -2.52. The van der Waals surface area contributed by atoms with Crippen molar-refractivity contribution in [3.63, 3.8) is 0 Å². The third-order valence-electron chi connectivity index (χ3n) is 4.93. The summed E-state index contributed by atoms with van der Waals surface area (Å²) in [5.41, 5.74) is 1.29. The molecule has 1 radical (unpaired) electrons. The van der Waals surface area contributed by atoms with E-state index < -0.39 is 5.60 Å². The molecule has 2 aromatic carbocycles. The average Bonchev–Trinajstić information content (AvgIpc) is 2.95. The van der Waals surface area contributed by atoms with Gasteiger partial charge in [-0.25, -0.2) is 0 Å². The standard InChI is InChI=1S/C20H20NO2/c22-15-20(12-16-10-11-21(13-16)14-20)23-19-9-5-4-8-18(19)17-6-2-1-3-7-17/h1-9,16H,10-14H2. The molecular weight excluding hydrogens is 286 g/mol. The summed E-state index contributed by atoms with van der Waals surface area (Å²) in [5.74, 6) is 1.32. The highest BCUT2D eigenvalue weighted by Gasteiger charge is 2.45. The largest absolute Gasteiger partial charge is 0.477 e. The highest BCUT2D eigenvalue weighted by molar-refractivity contribution is 5.72. The van der Waals surface area contributed by atoms with Crippen molar-refractivity contribution in [2.45, 2.75) is 18.4 Å². The highest BCUT2D eigenvalue weighted by Crippen LogP contribution is 2.38. The third-order valence-corrected chi connectivity index (χ3v) is 4.93. The number of para-hydroxylation sites is 1. The number of benzene rings is 2. The Hall–Kier alpha value is -2.13. The molecule has 0 N–H and O–H groups in total. The van der Waals surface area contributed by atoms with Crippen molar-refractivity contribution in [2.75, 3.05) is 19.6 Å². The van der Waals surface area contributed by atoms with Gasteiger partial charge in [0.05, 0.1) is 0 Å². The Labute approximate surface area is 136 Å².